The molecule has 94 valence electrons. The summed E-state index contributed by atoms with van der Waals surface area (Å²) < 4.78 is 24.7. The van der Waals surface area contributed by atoms with Crippen molar-refractivity contribution in [3.63, 3.8) is 0 Å². The number of halogens is 2. The van der Waals surface area contributed by atoms with E-state index in [1.165, 1.54) is 0 Å². The molecule has 4 heteroatoms. The smallest absolute Gasteiger partial charge is 0.250 e. The number of nitrogens with zero attached hydrogens (tertiary/aromatic N) is 1. The summed E-state index contributed by atoms with van der Waals surface area (Å²) in [6.07, 6.45) is 0.961. The Hall–Kier alpha value is -1.81. The molecule has 1 aromatic heterocycles. The Labute approximate surface area is 105 Å². The first-order valence-corrected chi connectivity index (χ1v) is 5.74. The van der Waals surface area contributed by atoms with E-state index in [9.17, 15) is 8.78 Å². The second kappa shape index (κ2) is 6.21. The van der Waals surface area contributed by atoms with E-state index in [2.05, 4.69) is 10.3 Å². The number of hydrogen-bond donors (Lipinski definition) is 1. The minimum absolute atomic E-state index is 0.233. The molecule has 18 heavy (non-hydrogen) atoms. The summed E-state index contributed by atoms with van der Waals surface area (Å²) in [6, 6.07) is 13.0. The minimum Gasteiger partial charge on any atom is -0.301 e. The van der Waals surface area contributed by atoms with Crippen LogP contribution in [0.15, 0.2) is 54.9 Å². The summed E-state index contributed by atoms with van der Waals surface area (Å²) in [5.41, 5.74) is 1.89. The van der Waals surface area contributed by atoms with Crippen LogP contribution in [0.5, 0.6) is 0 Å². The van der Waals surface area contributed by atoms with Crippen LogP contribution >= 0.6 is 0 Å². The second-order valence-corrected chi connectivity index (χ2v) is 3.92. The molecule has 2 rings (SSSR count). The fourth-order valence-electron chi connectivity index (χ4n) is 1.84. The van der Waals surface area contributed by atoms with Crippen LogP contribution in [0.25, 0.3) is 0 Å². The van der Waals surface area contributed by atoms with Crippen molar-refractivity contribution in [2.24, 2.45) is 0 Å². The van der Waals surface area contributed by atoms with Crippen LogP contribution in [0.2, 0.25) is 0 Å². The Kier molecular flexibility index (Phi) is 4.36. The molecule has 1 aromatic carbocycles. The quantitative estimate of drug-likeness (QED) is 0.879. The Morgan fingerprint density at radius 1 is 0.944 bits per heavy atom. The highest BCUT2D eigenvalue weighted by atomic mass is 19.3. The summed E-state index contributed by atoms with van der Waals surface area (Å²) in [5.74, 6) is 0. The lowest BCUT2D eigenvalue weighted by Crippen LogP contribution is -2.27. The maximum atomic E-state index is 12.4. The van der Waals surface area contributed by atoms with E-state index < -0.39 is 6.43 Å². The molecule has 1 atom stereocenters. The van der Waals surface area contributed by atoms with Gasteiger partial charge in [0.15, 0.2) is 0 Å². The Bertz CT molecular complexity index is 420. The number of hydrogen-bond acceptors (Lipinski definition) is 2. The van der Waals surface area contributed by atoms with Gasteiger partial charge in [0.25, 0.3) is 6.43 Å². The molecule has 1 heterocycles. The third kappa shape index (κ3) is 3.34. The molecule has 2 nitrogen and oxygen atoms in total. The fourth-order valence-corrected chi connectivity index (χ4v) is 1.84. The molecule has 0 spiro atoms. The average Bonchev–Trinajstić information content (AvgIpc) is 2.41. The number of aromatic nitrogens is 1. The molecule has 0 saturated heterocycles. The molecule has 0 amide bonds. The maximum absolute atomic E-state index is 12.4. The van der Waals surface area contributed by atoms with E-state index in [1.807, 2.05) is 42.5 Å². The molecule has 0 aliphatic rings. The summed E-state index contributed by atoms with van der Waals surface area (Å²) >= 11 is 0. The molecular formula is C14H14F2N2. The van der Waals surface area contributed by atoms with Crippen molar-refractivity contribution in [1.29, 1.82) is 0 Å². The lowest BCUT2D eigenvalue weighted by atomic mass is 10.00. The molecule has 1 N–H and O–H groups in total. The summed E-state index contributed by atoms with van der Waals surface area (Å²) in [5, 5.41) is 2.87. The summed E-state index contributed by atoms with van der Waals surface area (Å²) in [6.45, 7) is -0.331. The van der Waals surface area contributed by atoms with Crippen molar-refractivity contribution in [3.05, 3.63) is 66.0 Å². The van der Waals surface area contributed by atoms with Crippen LogP contribution < -0.4 is 5.32 Å². The highest BCUT2D eigenvalue weighted by Crippen LogP contribution is 2.21. The van der Waals surface area contributed by atoms with Crippen LogP contribution in [0.4, 0.5) is 8.78 Å². The fraction of sp³-hybridized carbons (Fsp3) is 0.214. The topological polar surface area (TPSA) is 24.9 Å². The highest BCUT2D eigenvalue weighted by Gasteiger charge is 2.15. The van der Waals surface area contributed by atoms with Gasteiger partial charge in [0.1, 0.15) is 0 Å². The Morgan fingerprint density at radius 3 is 2.17 bits per heavy atom. The predicted molar refractivity (Wildman–Crippen MR) is 66.5 cm³/mol. The third-order valence-corrected chi connectivity index (χ3v) is 2.65. The van der Waals surface area contributed by atoms with Crippen molar-refractivity contribution in [2.45, 2.75) is 12.5 Å². The first kappa shape index (κ1) is 12.6. The highest BCUT2D eigenvalue weighted by molar-refractivity contribution is 5.30. The van der Waals surface area contributed by atoms with E-state index in [0.29, 0.717) is 0 Å². The maximum Gasteiger partial charge on any atom is 0.250 e. The standard InChI is InChI=1S/C14H14F2N2/c15-13(16)10-18-14(11-4-2-1-3-5-11)12-6-8-17-9-7-12/h1-9,13-14,18H,10H2. The van der Waals surface area contributed by atoms with Crippen LogP contribution in [0, 0.1) is 0 Å². The summed E-state index contributed by atoms with van der Waals surface area (Å²) in [4.78, 5) is 3.94. The van der Waals surface area contributed by atoms with Gasteiger partial charge >= 0.3 is 0 Å². The molecule has 1 unspecified atom stereocenters. The molecule has 2 aromatic rings. The van der Waals surface area contributed by atoms with Gasteiger partial charge in [-0.2, -0.15) is 0 Å². The van der Waals surface area contributed by atoms with E-state index in [-0.39, 0.29) is 12.6 Å². The van der Waals surface area contributed by atoms with Crippen LogP contribution in [-0.2, 0) is 0 Å². The summed E-state index contributed by atoms with van der Waals surface area (Å²) in [7, 11) is 0. The molecule has 0 fully saturated rings. The van der Waals surface area contributed by atoms with Crippen molar-refractivity contribution in [2.75, 3.05) is 6.54 Å². The molecule has 0 bridgehead atoms. The zero-order valence-corrected chi connectivity index (χ0v) is 9.76. The molecule has 0 aliphatic carbocycles. The van der Waals surface area contributed by atoms with Gasteiger partial charge < -0.3 is 5.32 Å². The van der Waals surface area contributed by atoms with Crippen molar-refractivity contribution < 1.29 is 8.78 Å². The third-order valence-electron chi connectivity index (χ3n) is 2.65. The Morgan fingerprint density at radius 2 is 1.56 bits per heavy atom. The zero-order valence-electron chi connectivity index (χ0n) is 9.76. The zero-order chi connectivity index (χ0) is 12.8. The van der Waals surface area contributed by atoms with Gasteiger partial charge in [-0.05, 0) is 23.3 Å². The van der Waals surface area contributed by atoms with Gasteiger partial charge in [0.2, 0.25) is 0 Å². The van der Waals surface area contributed by atoms with Crippen LogP contribution in [-0.4, -0.2) is 18.0 Å². The largest absolute Gasteiger partial charge is 0.301 e. The minimum atomic E-state index is -2.36. The normalized spacial score (nSPS) is 12.6. The number of pyridine rings is 1. The number of nitrogens with one attached hydrogen (secondary N) is 1. The van der Waals surface area contributed by atoms with Crippen LogP contribution in [0.1, 0.15) is 17.2 Å². The first-order valence-electron chi connectivity index (χ1n) is 5.74. The molecule has 0 radical (unpaired) electrons. The molecule has 0 saturated carbocycles. The molecule has 0 aliphatic heterocycles. The average molecular weight is 248 g/mol. The van der Waals surface area contributed by atoms with Gasteiger partial charge in [-0.25, -0.2) is 8.78 Å². The number of alkyl halides is 2. The van der Waals surface area contributed by atoms with Gasteiger partial charge in [-0.15, -0.1) is 0 Å². The molecular weight excluding hydrogens is 234 g/mol. The van der Waals surface area contributed by atoms with Gasteiger partial charge in [0.05, 0.1) is 12.6 Å². The van der Waals surface area contributed by atoms with Gasteiger partial charge in [0, 0.05) is 12.4 Å². The lowest BCUT2D eigenvalue weighted by Gasteiger charge is -2.19. The van der Waals surface area contributed by atoms with Gasteiger partial charge in [-0.3, -0.25) is 4.98 Å². The van der Waals surface area contributed by atoms with E-state index in [4.69, 9.17) is 0 Å². The second-order valence-electron chi connectivity index (χ2n) is 3.92. The van der Waals surface area contributed by atoms with E-state index in [0.717, 1.165) is 11.1 Å². The van der Waals surface area contributed by atoms with E-state index >= 15 is 0 Å². The van der Waals surface area contributed by atoms with Crippen molar-refractivity contribution >= 4 is 0 Å². The lowest BCUT2D eigenvalue weighted by molar-refractivity contribution is 0.143. The van der Waals surface area contributed by atoms with Crippen LogP contribution in [0.3, 0.4) is 0 Å². The van der Waals surface area contributed by atoms with Crippen molar-refractivity contribution in [1.82, 2.24) is 10.3 Å². The number of rotatable bonds is 5. The Balaban J connectivity index is 2.24. The SMILES string of the molecule is FC(F)CNC(c1ccccc1)c1ccncc1. The predicted octanol–water partition coefficient (Wildman–Crippen LogP) is 3.03. The van der Waals surface area contributed by atoms with Crippen molar-refractivity contribution in [3.8, 4) is 0 Å². The monoisotopic (exact) mass is 248 g/mol. The first-order chi connectivity index (χ1) is 8.77. The number of benzene rings is 1. The van der Waals surface area contributed by atoms with Gasteiger partial charge in [-0.1, -0.05) is 30.3 Å². The van der Waals surface area contributed by atoms with E-state index in [1.54, 1.807) is 12.4 Å².